The Morgan fingerprint density at radius 2 is 1.31 bits per heavy atom. The molecule has 0 aliphatic rings. The molecule has 4 aromatic rings. The smallest absolute Gasteiger partial charge is 0.269 e. The Bertz CT molecular complexity index is 1090. The minimum Gasteiger partial charge on any atom is -0.273 e. The molecule has 0 radical (unpaired) electrons. The predicted molar refractivity (Wildman–Crippen MR) is 97.6 cm³/mol. The number of carbonyl (C=O) groups is 2. The molecule has 2 N–H and O–H groups in total. The van der Waals surface area contributed by atoms with Crippen molar-refractivity contribution in [1.82, 2.24) is 51.3 Å². The molecule has 0 atom stereocenters. The van der Waals surface area contributed by atoms with Crippen LogP contribution in [0.1, 0.15) is 15.9 Å². The van der Waals surface area contributed by atoms with Gasteiger partial charge in [0.1, 0.15) is 12.7 Å². The van der Waals surface area contributed by atoms with Crippen molar-refractivity contribution in [2.45, 2.75) is 6.42 Å². The van der Waals surface area contributed by atoms with E-state index in [1.807, 2.05) is 0 Å². The first-order valence-electron chi connectivity index (χ1n) is 8.44. The average Bonchev–Trinajstić information content (AvgIpc) is 3.47. The molecule has 2 aromatic carbocycles. The van der Waals surface area contributed by atoms with Crippen LogP contribution in [-0.2, 0) is 11.2 Å². The molecule has 0 saturated carbocycles. The normalized spacial score (nSPS) is 10.5. The molecule has 0 saturated heterocycles. The lowest BCUT2D eigenvalue weighted by Gasteiger charge is -2.08. The maximum Gasteiger partial charge on any atom is 0.269 e. The first-order chi connectivity index (χ1) is 14.2. The molecule has 0 aliphatic carbocycles. The molecule has 2 amide bonds. The minimum atomic E-state index is -0.435. The van der Waals surface area contributed by atoms with Gasteiger partial charge in [-0.15, -0.1) is 10.2 Å². The molecule has 144 valence electrons. The topological polar surface area (TPSA) is 145 Å². The van der Waals surface area contributed by atoms with Crippen molar-refractivity contribution in [3.8, 4) is 11.4 Å². The third-order valence-electron chi connectivity index (χ3n) is 3.97. The Labute approximate surface area is 163 Å². The first-order valence-corrected chi connectivity index (χ1v) is 8.44. The van der Waals surface area contributed by atoms with Gasteiger partial charge in [-0.1, -0.05) is 12.1 Å². The van der Waals surface area contributed by atoms with Gasteiger partial charge in [0.15, 0.2) is 0 Å². The van der Waals surface area contributed by atoms with Crippen molar-refractivity contribution in [1.29, 1.82) is 0 Å². The molecule has 29 heavy (non-hydrogen) atoms. The number of nitrogens with zero attached hydrogens (tertiary/aromatic N) is 8. The Balaban J connectivity index is 1.29. The highest BCUT2D eigenvalue weighted by atomic mass is 16.2. The number of aromatic nitrogens is 8. The summed E-state index contributed by atoms with van der Waals surface area (Å²) in [6, 6.07) is 13.8. The van der Waals surface area contributed by atoms with Crippen molar-refractivity contribution in [2.24, 2.45) is 0 Å². The average molecular weight is 390 g/mol. The van der Waals surface area contributed by atoms with Gasteiger partial charge in [0.05, 0.1) is 17.8 Å². The van der Waals surface area contributed by atoms with Crippen LogP contribution in [-0.4, -0.2) is 52.2 Å². The van der Waals surface area contributed by atoms with Crippen LogP contribution in [0, 0.1) is 0 Å². The molecule has 4 rings (SSSR count). The van der Waals surface area contributed by atoms with Crippen LogP contribution >= 0.6 is 0 Å². The van der Waals surface area contributed by atoms with E-state index in [1.54, 1.807) is 48.5 Å². The number of hydrazine groups is 1. The standard InChI is InChI=1S/C17H14N10O2/c28-16(9-12-1-5-14(6-2-12)26-10-18-22-24-26)20-21-17(29)13-3-7-15(8-4-13)27-11-19-23-25-27/h1-8,10-11H,9H2,(H,20,28)(H,21,29). The lowest BCUT2D eigenvalue weighted by molar-refractivity contribution is -0.121. The van der Waals surface area contributed by atoms with Crippen LogP contribution in [0.2, 0.25) is 0 Å². The van der Waals surface area contributed by atoms with E-state index in [9.17, 15) is 9.59 Å². The zero-order valence-electron chi connectivity index (χ0n) is 14.9. The molecule has 0 fully saturated rings. The lowest BCUT2D eigenvalue weighted by atomic mass is 10.1. The van der Waals surface area contributed by atoms with Gasteiger partial charge in [0.2, 0.25) is 5.91 Å². The second-order valence-electron chi connectivity index (χ2n) is 5.90. The van der Waals surface area contributed by atoms with Gasteiger partial charge in [-0.3, -0.25) is 20.4 Å². The Morgan fingerprint density at radius 3 is 1.83 bits per heavy atom. The van der Waals surface area contributed by atoms with Crippen LogP contribution < -0.4 is 10.9 Å². The molecule has 0 unspecified atom stereocenters. The maximum absolute atomic E-state index is 12.2. The number of hydrogen-bond acceptors (Lipinski definition) is 8. The van der Waals surface area contributed by atoms with E-state index >= 15 is 0 Å². The molecule has 2 aromatic heterocycles. The van der Waals surface area contributed by atoms with Crippen molar-refractivity contribution in [3.63, 3.8) is 0 Å². The molecule has 0 bridgehead atoms. The van der Waals surface area contributed by atoms with Crippen LogP contribution in [0.3, 0.4) is 0 Å². The van der Waals surface area contributed by atoms with E-state index in [-0.39, 0.29) is 12.3 Å². The van der Waals surface area contributed by atoms with E-state index < -0.39 is 5.91 Å². The van der Waals surface area contributed by atoms with Gasteiger partial charge in [0, 0.05) is 5.56 Å². The number of benzene rings is 2. The molecular weight excluding hydrogens is 376 g/mol. The van der Waals surface area contributed by atoms with Gasteiger partial charge in [-0.05, 0) is 62.8 Å². The third kappa shape index (κ3) is 4.27. The van der Waals surface area contributed by atoms with Crippen molar-refractivity contribution >= 4 is 11.8 Å². The summed E-state index contributed by atoms with van der Waals surface area (Å²) in [6.07, 6.45) is 3.03. The quantitative estimate of drug-likeness (QED) is 0.440. The monoisotopic (exact) mass is 390 g/mol. The third-order valence-corrected chi connectivity index (χ3v) is 3.97. The summed E-state index contributed by atoms with van der Waals surface area (Å²) in [5.41, 5.74) is 7.43. The van der Waals surface area contributed by atoms with Gasteiger partial charge in [-0.25, -0.2) is 9.36 Å². The molecule has 0 aliphatic heterocycles. The fourth-order valence-electron chi connectivity index (χ4n) is 2.52. The molecule has 12 nitrogen and oxygen atoms in total. The summed E-state index contributed by atoms with van der Waals surface area (Å²) >= 11 is 0. The summed E-state index contributed by atoms with van der Waals surface area (Å²) in [5.74, 6) is -0.783. The number of tetrazole rings is 2. The highest BCUT2D eigenvalue weighted by Gasteiger charge is 2.09. The Morgan fingerprint density at radius 1 is 0.759 bits per heavy atom. The number of amides is 2. The second-order valence-corrected chi connectivity index (χ2v) is 5.90. The zero-order valence-corrected chi connectivity index (χ0v) is 14.9. The van der Waals surface area contributed by atoms with Crippen molar-refractivity contribution < 1.29 is 9.59 Å². The SMILES string of the molecule is O=C(Cc1ccc(-n2cnnn2)cc1)NNC(=O)c1ccc(-n2cnnn2)cc1. The minimum absolute atomic E-state index is 0.106. The molecular formula is C17H14N10O2. The first kappa shape index (κ1) is 17.9. The summed E-state index contributed by atoms with van der Waals surface area (Å²) in [7, 11) is 0. The van der Waals surface area contributed by atoms with Crippen molar-refractivity contribution in [3.05, 3.63) is 72.3 Å². The van der Waals surface area contributed by atoms with E-state index in [4.69, 9.17) is 0 Å². The fraction of sp³-hybridized carbons (Fsp3) is 0.0588. The van der Waals surface area contributed by atoms with E-state index in [1.165, 1.54) is 22.0 Å². The number of hydrogen-bond donors (Lipinski definition) is 2. The second kappa shape index (κ2) is 8.04. The van der Waals surface area contributed by atoms with Crippen molar-refractivity contribution in [2.75, 3.05) is 0 Å². The molecule has 12 heteroatoms. The largest absolute Gasteiger partial charge is 0.273 e. The number of rotatable bonds is 5. The maximum atomic E-state index is 12.2. The van der Waals surface area contributed by atoms with Gasteiger partial charge < -0.3 is 0 Å². The van der Waals surface area contributed by atoms with E-state index in [2.05, 4.69) is 41.9 Å². The van der Waals surface area contributed by atoms with Gasteiger partial charge in [0.25, 0.3) is 5.91 Å². The summed E-state index contributed by atoms with van der Waals surface area (Å²) < 4.78 is 2.98. The summed E-state index contributed by atoms with van der Waals surface area (Å²) in [6.45, 7) is 0. The van der Waals surface area contributed by atoms with Crippen LogP contribution in [0.15, 0.2) is 61.2 Å². The van der Waals surface area contributed by atoms with Gasteiger partial charge in [-0.2, -0.15) is 0 Å². The molecule has 2 heterocycles. The predicted octanol–water partition coefficient (Wildman–Crippen LogP) is -0.358. The van der Waals surface area contributed by atoms with E-state index in [0.717, 1.165) is 11.3 Å². The number of nitrogens with one attached hydrogen (secondary N) is 2. The fourth-order valence-corrected chi connectivity index (χ4v) is 2.52. The highest BCUT2D eigenvalue weighted by Crippen LogP contribution is 2.09. The van der Waals surface area contributed by atoms with Crippen LogP contribution in [0.5, 0.6) is 0 Å². The lowest BCUT2D eigenvalue weighted by Crippen LogP contribution is -2.42. The van der Waals surface area contributed by atoms with Crippen LogP contribution in [0.25, 0.3) is 11.4 Å². The zero-order chi connectivity index (χ0) is 20.1. The highest BCUT2D eigenvalue weighted by molar-refractivity contribution is 5.95. The molecule has 0 spiro atoms. The van der Waals surface area contributed by atoms with E-state index in [0.29, 0.717) is 11.3 Å². The summed E-state index contributed by atoms with van der Waals surface area (Å²) in [4.78, 5) is 24.3. The van der Waals surface area contributed by atoms with Gasteiger partial charge >= 0.3 is 0 Å². The van der Waals surface area contributed by atoms with Crippen LogP contribution in [0.4, 0.5) is 0 Å². The summed E-state index contributed by atoms with van der Waals surface area (Å²) in [5, 5.41) is 21.8. The number of carbonyl (C=O) groups excluding carboxylic acids is 2. The Kier molecular flexibility index (Phi) is 4.96. The Hall–Kier alpha value is -4.48.